The standard InChI is InChI=1S/C10H11NO3/c1-14-7-9(6-10(12)13)8-2-4-11-5-3-8/h2-6H,7H2,1H3,(H,12,13)/b9-6+. The molecule has 0 radical (unpaired) electrons. The Labute approximate surface area is 81.9 Å². The highest BCUT2D eigenvalue weighted by Gasteiger charge is 2.02. The summed E-state index contributed by atoms with van der Waals surface area (Å²) in [6.45, 7) is 0.274. The molecule has 0 spiro atoms. The lowest BCUT2D eigenvalue weighted by Crippen LogP contribution is -1.98. The van der Waals surface area contributed by atoms with Crippen molar-refractivity contribution in [3.63, 3.8) is 0 Å². The number of hydrogen-bond donors (Lipinski definition) is 1. The monoisotopic (exact) mass is 193 g/mol. The molecule has 0 atom stereocenters. The van der Waals surface area contributed by atoms with Crippen LogP contribution in [0.5, 0.6) is 0 Å². The van der Waals surface area contributed by atoms with Crippen molar-refractivity contribution in [2.24, 2.45) is 0 Å². The predicted molar refractivity (Wildman–Crippen MR) is 51.7 cm³/mol. The van der Waals surface area contributed by atoms with Crippen LogP contribution in [0.2, 0.25) is 0 Å². The van der Waals surface area contributed by atoms with Crippen LogP contribution in [0.1, 0.15) is 5.56 Å². The van der Waals surface area contributed by atoms with Crippen molar-refractivity contribution >= 4 is 11.5 Å². The number of methoxy groups -OCH3 is 1. The fraction of sp³-hybridized carbons (Fsp3) is 0.200. The summed E-state index contributed by atoms with van der Waals surface area (Å²) in [7, 11) is 1.52. The molecule has 14 heavy (non-hydrogen) atoms. The van der Waals surface area contributed by atoms with E-state index in [1.807, 2.05) is 0 Å². The number of pyridine rings is 1. The molecule has 74 valence electrons. The van der Waals surface area contributed by atoms with Gasteiger partial charge in [0.25, 0.3) is 0 Å². The summed E-state index contributed by atoms with van der Waals surface area (Å²) < 4.78 is 4.91. The van der Waals surface area contributed by atoms with E-state index in [1.54, 1.807) is 24.5 Å². The van der Waals surface area contributed by atoms with E-state index in [4.69, 9.17) is 9.84 Å². The van der Waals surface area contributed by atoms with Crippen LogP contribution in [0.4, 0.5) is 0 Å². The lowest BCUT2D eigenvalue weighted by Gasteiger charge is -2.04. The Kier molecular flexibility index (Phi) is 3.82. The van der Waals surface area contributed by atoms with E-state index in [9.17, 15) is 4.79 Å². The average molecular weight is 193 g/mol. The summed E-state index contributed by atoms with van der Waals surface area (Å²) in [5.74, 6) is -0.978. The van der Waals surface area contributed by atoms with Crippen LogP contribution >= 0.6 is 0 Å². The first-order valence-corrected chi connectivity index (χ1v) is 4.07. The summed E-state index contributed by atoms with van der Waals surface area (Å²) in [5.41, 5.74) is 1.44. The van der Waals surface area contributed by atoms with Gasteiger partial charge in [-0.2, -0.15) is 0 Å². The zero-order chi connectivity index (χ0) is 10.4. The van der Waals surface area contributed by atoms with Gasteiger partial charge in [0.1, 0.15) is 0 Å². The summed E-state index contributed by atoms with van der Waals surface area (Å²) in [6.07, 6.45) is 4.36. The largest absolute Gasteiger partial charge is 0.478 e. The minimum atomic E-state index is -0.978. The third kappa shape index (κ3) is 2.99. The zero-order valence-corrected chi connectivity index (χ0v) is 7.80. The third-order valence-corrected chi connectivity index (χ3v) is 1.65. The fourth-order valence-corrected chi connectivity index (χ4v) is 1.08. The molecule has 0 saturated carbocycles. The van der Waals surface area contributed by atoms with Gasteiger partial charge in [0.15, 0.2) is 0 Å². The number of carbonyl (C=O) groups is 1. The molecule has 1 N–H and O–H groups in total. The van der Waals surface area contributed by atoms with E-state index in [0.29, 0.717) is 5.57 Å². The van der Waals surface area contributed by atoms with Gasteiger partial charge in [-0.1, -0.05) is 0 Å². The molecule has 4 nitrogen and oxygen atoms in total. The number of aromatic nitrogens is 1. The van der Waals surface area contributed by atoms with Crippen molar-refractivity contribution in [2.45, 2.75) is 0 Å². The molecule has 1 heterocycles. The number of nitrogens with zero attached hydrogens (tertiary/aromatic N) is 1. The summed E-state index contributed by atoms with van der Waals surface area (Å²) in [5, 5.41) is 8.62. The van der Waals surface area contributed by atoms with Crippen LogP contribution in [-0.4, -0.2) is 29.8 Å². The minimum absolute atomic E-state index is 0.274. The van der Waals surface area contributed by atoms with Gasteiger partial charge in [0, 0.05) is 25.6 Å². The smallest absolute Gasteiger partial charge is 0.328 e. The second kappa shape index (κ2) is 5.14. The first-order chi connectivity index (χ1) is 6.74. The Morgan fingerprint density at radius 3 is 2.71 bits per heavy atom. The molecular formula is C10H11NO3. The highest BCUT2D eigenvalue weighted by atomic mass is 16.5. The second-order valence-electron chi connectivity index (χ2n) is 2.68. The van der Waals surface area contributed by atoms with Crippen molar-refractivity contribution in [3.05, 3.63) is 36.2 Å². The predicted octanol–water partition coefficient (Wildman–Crippen LogP) is 1.20. The highest BCUT2D eigenvalue weighted by Crippen LogP contribution is 2.12. The van der Waals surface area contributed by atoms with Crippen molar-refractivity contribution in [1.82, 2.24) is 4.98 Å². The van der Waals surface area contributed by atoms with Crippen LogP contribution in [0.15, 0.2) is 30.6 Å². The average Bonchev–Trinajstić information content (AvgIpc) is 2.18. The first kappa shape index (κ1) is 10.4. The van der Waals surface area contributed by atoms with Crippen LogP contribution < -0.4 is 0 Å². The molecule has 1 rings (SSSR count). The number of carboxylic acid groups (broad SMARTS) is 1. The number of carboxylic acids is 1. The van der Waals surface area contributed by atoms with Gasteiger partial charge in [0.2, 0.25) is 0 Å². The molecule has 0 aromatic carbocycles. The van der Waals surface area contributed by atoms with Gasteiger partial charge in [-0.3, -0.25) is 4.98 Å². The molecule has 1 aromatic heterocycles. The highest BCUT2D eigenvalue weighted by molar-refractivity contribution is 5.90. The van der Waals surface area contributed by atoms with Crippen molar-refractivity contribution in [2.75, 3.05) is 13.7 Å². The maximum atomic E-state index is 10.5. The molecule has 0 bridgehead atoms. The summed E-state index contributed by atoms with van der Waals surface area (Å²) >= 11 is 0. The molecular weight excluding hydrogens is 182 g/mol. The van der Waals surface area contributed by atoms with Crippen molar-refractivity contribution < 1.29 is 14.6 Å². The topological polar surface area (TPSA) is 59.4 Å². The van der Waals surface area contributed by atoms with Crippen molar-refractivity contribution in [3.8, 4) is 0 Å². The Bertz CT molecular complexity index is 332. The van der Waals surface area contributed by atoms with E-state index in [2.05, 4.69) is 4.98 Å². The molecule has 0 aliphatic carbocycles. The Morgan fingerprint density at radius 1 is 1.57 bits per heavy atom. The maximum Gasteiger partial charge on any atom is 0.328 e. The maximum absolute atomic E-state index is 10.5. The van der Waals surface area contributed by atoms with E-state index in [0.717, 1.165) is 11.6 Å². The SMILES string of the molecule is COC/C(=C\C(=O)O)c1ccncc1. The van der Waals surface area contributed by atoms with Gasteiger partial charge < -0.3 is 9.84 Å². The number of hydrogen-bond acceptors (Lipinski definition) is 3. The van der Waals surface area contributed by atoms with E-state index in [1.165, 1.54) is 7.11 Å². The van der Waals surface area contributed by atoms with E-state index < -0.39 is 5.97 Å². The van der Waals surface area contributed by atoms with Gasteiger partial charge >= 0.3 is 5.97 Å². The molecule has 0 aliphatic rings. The lowest BCUT2D eigenvalue weighted by molar-refractivity contribution is -0.131. The van der Waals surface area contributed by atoms with Gasteiger partial charge in [-0.05, 0) is 23.3 Å². The number of aliphatic carboxylic acids is 1. The second-order valence-corrected chi connectivity index (χ2v) is 2.68. The molecule has 0 saturated heterocycles. The van der Waals surface area contributed by atoms with Crippen LogP contribution in [0.3, 0.4) is 0 Å². The normalized spacial score (nSPS) is 11.4. The van der Waals surface area contributed by atoms with Gasteiger partial charge in [0.05, 0.1) is 6.61 Å². The summed E-state index contributed by atoms with van der Waals surface area (Å²) in [6, 6.07) is 3.49. The molecule has 0 amide bonds. The van der Waals surface area contributed by atoms with Gasteiger partial charge in [-0.15, -0.1) is 0 Å². The third-order valence-electron chi connectivity index (χ3n) is 1.65. The molecule has 1 aromatic rings. The Hall–Kier alpha value is -1.68. The molecule has 0 fully saturated rings. The fourth-order valence-electron chi connectivity index (χ4n) is 1.08. The van der Waals surface area contributed by atoms with E-state index >= 15 is 0 Å². The molecule has 0 aliphatic heterocycles. The summed E-state index contributed by atoms with van der Waals surface area (Å²) in [4.78, 5) is 14.4. The van der Waals surface area contributed by atoms with Crippen molar-refractivity contribution in [1.29, 1.82) is 0 Å². The number of ether oxygens (including phenoxy) is 1. The minimum Gasteiger partial charge on any atom is -0.478 e. The van der Waals surface area contributed by atoms with Crippen LogP contribution in [0, 0.1) is 0 Å². The van der Waals surface area contributed by atoms with E-state index in [-0.39, 0.29) is 6.61 Å². The van der Waals surface area contributed by atoms with Crippen LogP contribution in [-0.2, 0) is 9.53 Å². The molecule has 4 heteroatoms. The number of rotatable bonds is 4. The Morgan fingerprint density at radius 2 is 2.21 bits per heavy atom. The quantitative estimate of drug-likeness (QED) is 0.730. The lowest BCUT2D eigenvalue weighted by atomic mass is 10.1. The Balaban J connectivity index is 2.94. The zero-order valence-electron chi connectivity index (χ0n) is 7.80. The van der Waals surface area contributed by atoms with Gasteiger partial charge in [-0.25, -0.2) is 4.79 Å². The van der Waals surface area contributed by atoms with Crippen LogP contribution in [0.25, 0.3) is 5.57 Å². The first-order valence-electron chi connectivity index (χ1n) is 4.07. The molecule has 0 unspecified atom stereocenters.